The molecule has 3 atom stereocenters. The lowest BCUT2D eigenvalue weighted by Gasteiger charge is -2.39. The molecule has 0 bridgehead atoms. The van der Waals surface area contributed by atoms with Gasteiger partial charge in [0.2, 0.25) is 17.9 Å². The van der Waals surface area contributed by atoms with Crippen molar-refractivity contribution in [3.8, 4) is 11.6 Å². The Bertz CT molecular complexity index is 1480. The summed E-state index contributed by atoms with van der Waals surface area (Å²) in [5.41, 5.74) is 6.36. The van der Waals surface area contributed by atoms with Crippen LogP contribution in [-0.4, -0.2) is 81.0 Å². The third kappa shape index (κ3) is 6.74. The molecule has 2 aromatic heterocycles. The van der Waals surface area contributed by atoms with Crippen LogP contribution in [0.3, 0.4) is 0 Å². The van der Waals surface area contributed by atoms with Gasteiger partial charge in [0.1, 0.15) is 18.0 Å². The number of aromatic nitrogens is 4. The highest BCUT2D eigenvalue weighted by Gasteiger charge is 2.46. The van der Waals surface area contributed by atoms with E-state index in [2.05, 4.69) is 20.4 Å². The summed E-state index contributed by atoms with van der Waals surface area (Å²) < 4.78 is 55.8. The summed E-state index contributed by atoms with van der Waals surface area (Å²) in [6.07, 6.45) is -5.03. The van der Waals surface area contributed by atoms with Crippen LogP contribution >= 0.6 is 0 Å². The minimum Gasteiger partial charge on any atom is -0.465 e. The van der Waals surface area contributed by atoms with E-state index in [1.54, 1.807) is 19.9 Å². The fourth-order valence-corrected chi connectivity index (χ4v) is 5.84. The standard InChI is InChI=1S/C29H36F3N7O5/c1-3-43-26(42)20-14-28(16-34-20)7-10-38(11-8-28)23-13-24(36-27(33)35-23)44-25(29(30,31)32)19-5-4-18(22(41)15-40)12-21(19)39-9-6-17(2)37-39/h4-6,9,12-13,20,22,25,34,40-41H,3,7-8,10-11,14-16H2,1-2H3,(H2,33,35,36)/t20-,22?,25+/m0/s1. The Balaban J connectivity index is 1.39. The molecule has 0 saturated carbocycles. The quantitative estimate of drug-likeness (QED) is 0.261. The lowest BCUT2D eigenvalue weighted by molar-refractivity contribution is -0.198. The largest absolute Gasteiger partial charge is 0.465 e. The van der Waals surface area contributed by atoms with Crippen LogP contribution in [0.4, 0.5) is 24.9 Å². The number of carbonyl (C=O) groups is 1. The number of ether oxygens (including phenoxy) is 2. The number of anilines is 2. The zero-order valence-corrected chi connectivity index (χ0v) is 24.4. The summed E-state index contributed by atoms with van der Waals surface area (Å²) in [5, 5.41) is 27.1. The molecule has 1 unspecified atom stereocenters. The minimum atomic E-state index is -4.88. The second-order valence-corrected chi connectivity index (χ2v) is 11.3. The van der Waals surface area contributed by atoms with Crippen molar-refractivity contribution >= 4 is 17.7 Å². The summed E-state index contributed by atoms with van der Waals surface area (Å²) in [5.74, 6) is -0.531. The van der Waals surface area contributed by atoms with Gasteiger partial charge in [-0.05, 0) is 56.2 Å². The Labute approximate surface area is 252 Å². The van der Waals surface area contributed by atoms with Gasteiger partial charge in [-0.3, -0.25) is 4.79 Å². The number of hydrogen-bond donors (Lipinski definition) is 4. The molecule has 1 aromatic carbocycles. The number of halogens is 3. The third-order valence-electron chi connectivity index (χ3n) is 8.19. The number of aliphatic hydroxyl groups is 2. The number of alkyl halides is 3. The summed E-state index contributed by atoms with van der Waals surface area (Å²) in [4.78, 5) is 22.3. The third-order valence-corrected chi connectivity index (χ3v) is 8.19. The van der Waals surface area contributed by atoms with Gasteiger partial charge in [-0.1, -0.05) is 12.1 Å². The number of nitrogen functional groups attached to an aromatic ring is 1. The second kappa shape index (κ2) is 12.6. The van der Waals surface area contributed by atoms with E-state index in [0.29, 0.717) is 44.2 Å². The Hall–Kier alpha value is -3.95. The van der Waals surface area contributed by atoms with E-state index in [4.69, 9.17) is 15.2 Å². The summed E-state index contributed by atoms with van der Waals surface area (Å²) in [6, 6.07) is 6.43. The highest BCUT2D eigenvalue weighted by molar-refractivity contribution is 5.76. The van der Waals surface area contributed by atoms with Crippen molar-refractivity contribution in [2.75, 3.05) is 43.5 Å². The van der Waals surface area contributed by atoms with Crippen LogP contribution in [0.25, 0.3) is 5.69 Å². The maximum absolute atomic E-state index is 14.6. The molecule has 2 aliphatic rings. The average molecular weight is 620 g/mol. The Morgan fingerprint density at radius 1 is 1.23 bits per heavy atom. The number of nitrogens with two attached hydrogens (primary N) is 1. The van der Waals surface area contributed by atoms with E-state index >= 15 is 0 Å². The zero-order valence-electron chi connectivity index (χ0n) is 24.4. The highest BCUT2D eigenvalue weighted by Crippen LogP contribution is 2.42. The molecule has 5 rings (SSSR count). The van der Waals surface area contributed by atoms with Crippen LogP contribution in [0.2, 0.25) is 0 Å². The normalized spacial score (nSPS) is 19.6. The minimum absolute atomic E-state index is 0.0142. The molecule has 3 aromatic rings. The molecule has 12 nitrogen and oxygen atoms in total. The molecule has 1 spiro atoms. The first kappa shape index (κ1) is 31.5. The van der Waals surface area contributed by atoms with Crippen LogP contribution < -0.4 is 20.7 Å². The molecule has 2 saturated heterocycles. The number of nitrogens with zero attached hydrogens (tertiary/aromatic N) is 5. The van der Waals surface area contributed by atoms with Crippen molar-refractivity contribution in [1.29, 1.82) is 0 Å². The number of nitrogens with one attached hydrogen (secondary N) is 1. The predicted octanol–water partition coefficient (Wildman–Crippen LogP) is 2.77. The van der Waals surface area contributed by atoms with Crippen molar-refractivity contribution in [3.05, 3.63) is 53.3 Å². The van der Waals surface area contributed by atoms with Crippen LogP contribution in [0.15, 0.2) is 36.5 Å². The van der Waals surface area contributed by atoms with Crippen LogP contribution in [0.5, 0.6) is 5.88 Å². The van der Waals surface area contributed by atoms with E-state index in [1.807, 2.05) is 4.90 Å². The number of benzene rings is 1. The molecule has 15 heteroatoms. The van der Waals surface area contributed by atoms with Gasteiger partial charge in [0.25, 0.3) is 0 Å². The molecule has 2 fully saturated rings. The zero-order chi connectivity index (χ0) is 31.6. The molecule has 5 N–H and O–H groups in total. The highest BCUT2D eigenvalue weighted by atomic mass is 19.4. The van der Waals surface area contributed by atoms with E-state index in [0.717, 1.165) is 12.8 Å². The molecule has 44 heavy (non-hydrogen) atoms. The SMILES string of the molecule is CCOC(=O)[C@@H]1CC2(CCN(c3cc(O[C@H](c4ccc(C(O)CO)cc4-n4ccc(C)n4)C(F)(F)F)nc(N)n3)CC2)CN1. The van der Waals surface area contributed by atoms with E-state index in [-0.39, 0.29) is 46.1 Å². The molecule has 238 valence electrons. The first-order valence-electron chi connectivity index (χ1n) is 14.4. The molecule has 0 radical (unpaired) electrons. The number of hydrogen-bond acceptors (Lipinski definition) is 11. The fraction of sp³-hybridized carbons (Fsp3) is 0.517. The van der Waals surface area contributed by atoms with Crippen molar-refractivity contribution in [1.82, 2.24) is 25.1 Å². The molecular formula is C29H36F3N7O5. The van der Waals surface area contributed by atoms with Crippen molar-refractivity contribution in [2.24, 2.45) is 5.41 Å². The molecular weight excluding hydrogens is 583 g/mol. The second-order valence-electron chi connectivity index (χ2n) is 11.3. The van der Waals surface area contributed by atoms with Crippen molar-refractivity contribution in [2.45, 2.75) is 57.5 Å². The van der Waals surface area contributed by atoms with Crippen LogP contribution in [-0.2, 0) is 9.53 Å². The lowest BCUT2D eigenvalue weighted by Crippen LogP contribution is -2.41. The average Bonchev–Trinajstić information content (AvgIpc) is 3.61. The van der Waals surface area contributed by atoms with Crippen molar-refractivity contribution < 1.29 is 37.7 Å². The van der Waals surface area contributed by atoms with Gasteiger partial charge < -0.3 is 35.6 Å². The first-order valence-corrected chi connectivity index (χ1v) is 14.4. The smallest absolute Gasteiger partial charge is 0.429 e. The number of aliphatic hydroxyl groups excluding tert-OH is 2. The van der Waals surface area contributed by atoms with E-state index in [9.17, 15) is 28.2 Å². The Morgan fingerprint density at radius 3 is 2.61 bits per heavy atom. The lowest BCUT2D eigenvalue weighted by atomic mass is 9.76. The van der Waals surface area contributed by atoms with Crippen molar-refractivity contribution in [3.63, 3.8) is 0 Å². The van der Waals surface area contributed by atoms with Crippen LogP contribution in [0, 0.1) is 12.3 Å². The van der Waals surface area contributed by atoms with Gasteiger partial charge in [-0.2, -0.15) is 28.2 Å². The molecule has 2 aliphatic heterocycles. The number of carbonyl (C=O) groups excluding carboxylic acids is 1. The van der Waals surface area contributed by atoms with Gasteiger partial charge in [0.05, 0.1) is 24.6 Å². The molecule has 4 heterocycles. The predicted molar refractivity (Wildman–Crippen MR) is 153 cm³/mol. The first-order chi connectivity index (χ1) is 20.9. The number of piperidine rings is 1. The Morgan fingerprint density at radius 2 is 1.98 bits per heavy atom. The topological polar surface area (TPSA) is 161 Å². The number of rotatable bonds is 9. The number of esters is 1. The van der Waals surface area contributed by atoms with Gasteiger partial charge in [-0.15, -0.1) is 0 Å². The van der Waals surface area contributed by atoms with Gasteiger partial charge in [0, 0.05) is 37.5 Å². The van der Waals surface area contributed by atoms with Gasteiger partial charge in [0.15, 0.2) is 0 Å². The monoisotopic (exact) mass is 619 g/mol. The summed E-state index contributed by atoms with van der Waals surface area (Å²) in [6.45, 7) is 4.93. The Kier molecular flexibility index (Phi) is 9.00. The van der Waals surface area contributed by atoms with Gasteiger partial charge in [-0.25, -0.2) is 4.68 Å². The van der Waals surface area contributed by atoms with Gasteiger partial charge >= 0.3 is 12.1 Å². The summed E-state index contributed by atoms with van der Waals surface area (Å²) in [7, 11) is 0. The maximum Gasteiger partial charge on any atom is 0.429 e. The summed E-state index contributed by atoms with van der Waals surface area (Å²) >= 11 is 0. The number of aryl methyl sites for hydroxylation is 1. The molecule has 0 aliphatic carbocycles. The maximum atomic E-state index is 14.6. The van der Waals surface area contributed by atoms with E-state index in [1.165, 1.54) is 35.1 Å². The fourth-order valence-electron chi connectivity index (χ4n) is 5.84. The van der Waals surface area contributed by atoms with E-state index < -0.39 is 25.0 Å². The van der Waals surface area contributed by atoms with Crippen LogP contribution in [0.1, 0.15) is 55.2 Å². The molecule has 0 amide bonds.